The molecule has 1 N–H and O–H groups in total. The summed E-state index contributed by atoms with van der Waals surface area (Å²) in [5.74, 6) is 0.344. The quantitative estimate of drug-likeness (QED) is 0.251. The Morgan fingerprint density at radius 1 is 0.846 bits per heavy atom. The van der Waals surface area contributed by atoms with Crippen molar-refractivity contribution < 1.29 is 19.1 Å². The summed E-state index contributed by atoms with van der Waals surface area (Å²) in [6.45, 7) is 1.46. The zero-order valence-corrected chi connectivity index (χ0v) is 22.5. The van der Waals surface area contributed by atoms with Crippen LogP contribution in [0.2, 0.25) is 0 Å². The first-order chi connectivity index (χ1) is 19.1. The van der Waals surface area contributed by atoms with Crippen LogP contribution in [0.15, 0.2) is 91.1 Å². The van der Waals surface area contributed by atoms with Crippen LogP contribution in [0.25, 0.3) is 17.0 Å². The third-order valence-corrected chi connectivity index (χ3v) is 6.65. The van der Waals surface area contributed by atoms with Gasteiger partial charge in [0, 0.05) is 55.5 Å². The van der Waals surface area contributed by atoms with Gasteiger partial charge in [-0.1, -0.05) is 66.7 Å². The molecule has 0 atom stereocenters. The second kappa shape index (κ2) is 14.0. The molecule has 7 nitrogen and oxygen atoms in total. The lowest BCUT2D eigenvalue weighted by Crippen LogP contribution is -2.44. The number of rotatable bonds is 13. The summed E-state index contributed by atoms with van der Waals surface area (Å²) < 4.78 is 10.8. The number of methoxy groups -OCH3 is 2. The molecule has 1 heterocycles. The third-order valence-electron chi connectivity index (χ3n) is 6.65. The van der Waals surface area contributed by atoms with E-state index in [1.165, 1.54) is 11.0 Å². The number of para-hydroxylation sites is 2. The van der Waals surface area contributed by atoms with E-state index >= 15 is 0 Å². The molecule has 0 bridgehead atoms. The van der Waals surface area contributed by atoms with Crippen molar-refractivity contribution in [2.24, 2.45) is 0 Å². The molecule has 4 aromatic rings. The minimum atomic E-state index is -0.238. The first-order valence-electron chi connectivity index (χ1n) is 13.0. The molecule has 0 unspecified atom stereocenters. The maximum atomic E-state index is 13.7. The van der Waals surface area contributed by atoms with E-state index in [-0.39, 0.29) is 18.4 Å². The maximum Gasteiger partial charge on any atom is 0.247 e. The number of fused-ring (bicyclic) bond motifs is 1. The van der Waals surface area contributed by atoms with Gasteiger partial charge in [-0.25, -0.2) is 0 Å². The Bertz CT molecular complexity index is 1400. The smallest absolute Gasteiger partial charge is 0.247 e. The second-order valence-electron chi connectivity index (χ2n) is 9.23. The lowest BCUT2D eigenvalue weighted by atomic mass is 10.1. The molecule has 7 heteroatoms. The van der Waals surface area contributed by atoms with Crippen LogP contribution in [-0.2, 0) is 27.3 Å². The number of hydrogen-bond acceptors (Lipinski definition) is 4. The number of carbonyl (C=O) groups is 2. The van der Waals surface area contributed by atoms with Crippen molar-refractivity contribution in [1.29, 1.82) is 0 Å². The molecular formula is C32H35N3O4. The normalized spacial score (nSPS) is 11.1. The van der Waals surface area contributed by atoms with Crippen LogP contribution in [0.4, 0.5) is 0 Å². The molecule has 4 rings (SSSR count). The van der Waals surface area contributed by atoms with Gasteiger partial charge in [0.25, 0.3) is 0 Å². The van der Waals surface area contributed by atoms with Crippen LogP contribution in [-0.4, -0.2) is 67.1 Å². The summed E-state index contributed by atoms with van der Waals surface area (Å²) in [4.78, 5) is 33.5. The molecule has 0 aliphatic heterocycles. The number of amides is 2. The van der Waals surface area contributed by atoms with E-state index in [9.17, 15) is 9.59 Å². The van der Waals surface area contributed by atoms with E-state index in [0.29, 0.717) is 32.7 Å². The number of benzene rings is 3. The van der Waals surface area contributed by atoms with E-state index < -0.39 is 0 Å². The Morgan fingerprint density at radius 3 is 2.38 bits per heavy atom. The van der Waals surface area contributed by atoms with Gasteiger partial charge in [0.15, 0.2) is 0 Å². The largest absolute Gasteiger partial charge is 0.496 e. The molecule has 0 fully saturated rings. The Kier molecular flexibility index (Phi) is 9.92. The molecule has 0 saturated carbocycles. The summed E-state index contributed by atoms with van der Waals surface area (Å²) in [7, 11) is 3.21. The Balaban J connectivity index is 1.53. The second-order valence-corrected chi connectivity index (χ2v) is 9.23. The summed E-state index contributed by atoms with van der Waals surface area (Å²) in [5, 5.41) is 1.14. The standard InChI is InChI=1S/C32H35N3O4/c1-38-21-20-35(31(36)17-16-25-10-4-3-5-11-25)24-32(37)34(23-27-12-6-9-15-30(27)39-2)19-18-26-22-33-29-14-8-7-13-28(26)29/h3-17,22,33H,18-21,23-24H2,1-2H3/b17-16+. The summed E-state index contributed by atoms with van der Waals surface area (Å²) in [6.07, 6.45) is 5.94. The zero-order chi connectivity index (χ0) is 27.5. The van der Waals surface area contributed by atoms with Gasteiger partial charge in [-0.05, 0) is 35.8 Å². The van der Waals surface area contributed by atoms with Crippen LogP contribution in [0.5, 0.6) is 5.75 Å². The molecule has 3 aromatic carbocycles. The summed E-state index contributed by atoms with van der Waals surface area (Å²) in [6, 6.07) is 25.4. The topological polar surface area (TPSA) is 74.9 Å². The molecule has 0 spiro atoms. The first kappa shape index (κ1) is 27.7. The van der Waals surface area contributed by atoms with Gasteiger partial charge in [0.1, 0.15) is 12.3 Å². The van der Waals surface area contributed by atoms with Crippen molar-refractivity contribution in [2.45, 2.75) is 13.0 Å². The van der Waals surface area contributed by atoms with Crippen molar-refractivity contribution in [2.75, 3.05) is 40.5 Å². The molecule has 39 heavy (non-hydrogen) atoms. The number of ether oxygens (including phenoxy) is 2. The van der Waals surface area contributed by atoms with Crippen LogP contribution >= 0.6 is 0 Å². The molecule has 0 aliphatic carbocycles. The molecular weight excluding hydrogens is 490 g/mol. The lowest BCUT2D eigenvalue weighted by molar-refractivity contribution is -0.139. The van der Waals surface area contributed by atoms with Gasteiger partial charge < -0.3 is 24.3 Å². The van der Waals surface area contributed by atoms with E-state index in [1.807, 2.05) is 79.0 Å². The number of nitrogens with one attached hydrogen (secondary N) is 1. The Hall–Kier alpha value is -4.36. The fourth-order valence-electron chi connectivity index (χ4n) is 4.49. The molecule has 2 amide bonds. The molecule has 1 aromatic heterocycles. The molecule has 202 valence electrons. The van der Waals surface area contributed by atoms with Gasteiger partial charge >= 0.3 is 0 Å². The summed E-state index contributed by atoms with van der Waals surface area (Å²) in [5.41, 5.74) is 4.03. The third kappa shape index (κ3) is 7.58. The van der Waals surface area contributed by atoms with Gasteiger partial charge in [0.2, 0.25) is 11.8 Å². The first-order valence-corrected chi connectivity index (χ1v) is 13.0. The molecule has 0 aliphatic rings. The lowest BCUT2D eigenvalue weighted by Gasteiger charge is -2.28. The predicted octanol–water partition coefficient (Wildman–Crippen LogP) is 4.94. The number of hydrogen-bond donors (Lipinski definition) is 1. The van der Waals surface area contributed by atoms with Gasteiger partial charge in [-0.3, -0.25) is 9.59 Å². The highest BCUT2D eigenvalue weighted by Gasteiger charge is 2.22. The van der Waals surface area contributed by atoms with Crippen LogP contribution < -0.4 is 4.74 Å². The average molecular weight is 526 g/mol. The number of nitrogens with zero attached hydrogens (tertiary/aromatic N) is 2. The number of H-pyrrole nitrogens is 1. The van der Waals surface area contributed by atoms with Crippen LogP contribution in [0.3, 0.4) is 0 Å². The highest BCUT2D eigenvalue weighted by molar-refractivity contribution is 5.94. The van der Waals surface area contributed by atoms with Crippen molar-refractivity contribution in [3.05, 3.63) is 108 Å². The van der Waals surface area contributed by atoms with Gasteiger partial charge in [-0.2, -0.15) is 0 Å². The number of aromatic nitrogens is 1. The highest BCUT2D eigenvalue weighted by Crippen LogP contribution is 2.22. The zero-order valence-electron chi connectivity index (χ0n) is 22.5. The van der Waals surface area contributed by atoms with E-state index in [2.05, 4.69) is 11.1 Å². The maximum absolute atomic E-state index is 13.7. The van der Waals surface area contributed by atoms with Crippen molar-refractivity contribution >= 4 is 28.8 Å². The van der Waals surface area contributed by atoms with Crippen LogP contribution in [0, 0.1) is 0 Å². The highest BCUT2D eigenvalue weighted by atomic mass is 16.5. The average Bonchev–Trinajstić information content (AvgIpc) is 3.39. The van der Waals surface area contributed by atoms with E-state index in [0.717, 1.165) is 33.3 Å². The SMILES string of the molecule is COCCN(CC(=O)N(CCc1c[nH]c2ccccc12)Cc1ccccc1OC)C(=O)/C=C/c1ccccc1. The predicted molar refractivity (Wildman–Crippen MR) is 154 cm³/mol. The van der Waals surface area contributed by atoms with Crippen LogP contribution in [0.1, 0.15) is 16.7 Å². The Labute approximate surface area is 229 Å². The number of carbonyl (C=O) groups excluding carboxylic acids is 2. The molecule has 0 saturated heterocycles. The van der Waals surface area contributed by atoms with Gasteiger partial charge in [-0.15, -0.1) is 0 Å². The summed E-state index contributed by atoms with van der Waals surface area (Å²) >= 11 is 0. The van der Waals surface area contributed by atoms with Crippen molar-refractivity contribution in [3.63, 3.8) is 0 Å². The van der Waals surface area contributed by atoms with Crippen molar-refractivity contribution in [1.82, 2.24) is 14.8 Å². The monoisotopic (exact) mass is 525 g/mol. The fourth-order valence-corrected chi connectivity index (χ4v) is 4.49. The number of aromatic amines is 1. The fraction of sp³-hybridized carbons (Fsp3) is 0.250. The van der Waals surface area contributed by atoms with Gasteiger partial charge in [0.05, 0.1) is 13.7 Å². The minimum absolute atomic E-state index is 0.0512. The van der Waals surface area contributed by atoms with Crippen molar-refractivity contribution in [3.8, 4) is 5.75 Å². The Morgan fingerprint density at radius 2 is 1.59 bits per heavy atom. The minimum Gasteiger partial charge on any atom is -0.496 e. The van der Waals surface area contributed by atoms with E-state index in [1.54, 1.807) is 25.2 Å². The van der Waals surface area contributed by atoms with E-state index in [4.69, 9.17) is 9.47 Å². The molecule has 0 radical (unpaired) electrons.